The quantitative estimate of drug-likeness (QED) is 0.253. The zero-order valence-electron chi connectivity index (χ0n) is 6.84. The van der Waals surface area contributed by atoms with Crippen molar-refractivity contribution < 1.29 is 14.3 Å². The molecule has 0 rings (SSSR count). The lowest BCUT2D eigenvalue weighted by molar-refractivity contribution is -0.148. The number of carbonyl (C=O) groups excluding carboxylic acids is 2. The summed E-state index contributed by atoms with van der Waals surface area (Å²) in [6.45, 7) is 2.48. The van der Waals surface area contributed by atoms with Gasteiger partial charge in [0, 0.05) is 0 Å². The summed E-state index contributed by atoms with van der Waals surface area (Å²) in [4.78, 5) is 20.0. The number of hydrogen-bond acceptors (Lipinski definition) is 3. The van der Waals surface area contributed by atoms with E-state index in [1.165, 1.54) is 0 Å². The molecule has 0 saturated carbocycles. The fourth-order valence-corrected chi connectivity index (χ4v) is 0.736. The molecule has 0 aliphatic heterocycles. The molecule has 0 aliphatic carbocycles. The van der Waals surface area contributed by atoms with Crippen LogP contribution >= 0.6 is 0 Å². The van der Waals surface area contributed by atoms with Crippen LogP contribution in [0.25, 0.3) is 0 Å². The molecule has 0 atom stereocenters. The van der Waals surface area contributed by atoms with E-state index in [1.807, 2.05) is 0 Å². The van der Waals surface area contributed by atoms with Crippen LogP contribution in [0.2, 0.25) is 0 Å². The van der Waals surface area contributed by atoms with Gasteiger partial charge in [-0.2, -0.15) is 0 Å². The van der Waals surface area contributed by atoms with Gasteiger partial charge in [0.15, 0.2) is 0 Å². The maximum Gasteiger partial charge on any atom is 0.371 e. The second-order valence-electron chi connectivity index (χ2n) is 2.35. The van der Waals surface area contributed by atoms with Crippen LogP contribution in [0.15, 0.2) is 0 Å². The van der Waals surface area contributed by atoms with E-state index in [1.54, 1.807) is 0 Å². The van der Waals surface area contributed by atoms with E-state index in [4.69, 9.17) is 0 Å². The van der Waals surface area contributed by atoms with Crippen molar-refractivity contribution in [3.63, 3.8) is 0 Å². The van der Waals surface area contributed by atoms with Crippen molar-refractivity contribution in [1.82, 2.24) is 0 Å². The molecule has 0 fully saturated rings. The third-order valence-corrected chi connectivity index (χ3v) is 1.34. The first-order valence-corrected chi connectivity index (χ1v) is 3.93. The number of rotatable bonds is 6. The molecular formula is C8H14O3. The van der Waals surface area contributed by atoms with Crippen LogP contribution in [0.4, 0.5) is 0 Å². The molecule has 0 N–H and O–H groups in total. The van der Waals surface area contributed by atoms with Gasteiger partial charge in [0.1, 0.15) is 0 Å². The van der Waals surface area contributed by atoms with Crippen molar-refractivity contribution >= 4 is 12.3 Å². The first-order chi connectivity index (χ1) is 5.31. The molecule has 64 valence electrons. The normalized spacial score (nSPS) is 9.18. The average Bonchev–Trinajstić information content (AvgIpc) is 2.04. The number of ether oxygens (including phenoxy) is 1. The highest BCUT2D eigenvalue weighted by molar-refractivity contribution is 6.20. The molecule has 3 nitrogen and oxygen atoms in total. The van der Waals surface area contributed by atoms with Gasteiger partial charge in [-0.25, -0.2) is 4.79 Å². The summed E-state index contributed by atoms with van der Waals surface area (Å²) >= 11 is 0. The monoisotopic (exact) mass is 158 g/mol. The van der Waals surface area contributed by atoms with E-state index in [2.05, 4.69) is 11.7 Å². The lowest BCUT2D eigenvalue weighted by Crippen LogP contribution is -2.06. The highest BCUT2D eigenvalue weighted by Crippen LogP contribution is 1.98. The zero-order chi connectivity index (χ0) is 8.53. The van der Waals surface area contributed by atoms with E-state index in [-0.39, 0.29) is 6.29 Å². The molecule has 0 heterocycles. The predicted octanol–water partition coefficient (Wildman–Crippen LogP) is 1.31. The molecule has 0 aromatic carbocycles. The molecule has 0 bridgehead atoms. The van der Waals surface area contributed by atoms with Gasteiger partial charge >= 0.3 is 5.97 Å². The van der Waals surface area contributed by atoms with Crippen LogP contribution in [-0.2, 0) is 14.3 Å². The van der Waals surface area contributed by atoms with Gasteiger partial charge in [-0.1, -0.05) is 26.2 Å². The molecule has 0 amide bonds. The van der Waals surface area contributed by atoms with Gasteiger partial charge in [-0.3, -0.25) is 4.79 Å². The van der Waals surface area contributed by atoms with Crippen molar-refractivity contribution in [3.8, 4) is 0 Å². The molecule has 0 radical (unpaired) electrons. The fraction of sp³-hybridized carbons (Fsp3) is 0.750. The molecule has 0 aromatic heterocycles. The zero-order valence-corrected chi connectivity index (χ0v) is 6.84. The third-order valence-electron chi connectivity index (χ3n) is 1.34. The Hall–Kier alpha value is -0.860. The summed E-state index contributed by atoms with van der Waals surface area (Å²) in [6, 6.07) is 0. The fourth-order valence-electron chi connectivity index (χ4n) is 0.736. The van der Waals surface area contributed by atoms with Crippen molar-refractivity contribution in [2.45, 2.75) is 32.6 Å². The van der Waals surface area contributed by atoms with Crippen LogP contribution in [0, 0.1) is 0 Å². The molecule has 0 spiro atoms. The van der Waals surface area contributed by atoms with E-state index in [0.29, 0.717) is 6.61 Å². The van der Waals surface area contributed by atoms with Crippen molar-refractivity contribution in [2.24, 2.45) is 0 Å². The molecule has 0 aromatic rings. The first-order valence-electron chi connectivity index (χ1n) is 3.93. The number of esters is 1. The largest absolute Gasteiger partial charge is 0.460 e. The van der Waals surface area contributed by atoms with Crippen LogP contribution < -0.4 is 0 Å². The number of carbonyl (C=O) groups is 2. The number of aldehydes is 1. The smallest absolute Gasteiger partial charge is 0.371 e. The van der Waals surface area contributed by atoms with Gasteiger partial charge in [0.05, 0.1) is 6.61 Å². The van der Waals surface area contributed by atoms with Gasteiger partial charge in [-0.15, -0.1) is 0 Å². The minimum atomic E-state index is -0.763. The average molecular weight is 158 g/mol. The van der Waals surface area contributed by atoms with Gasteiger partial charge < -0.3 is 4.74 Å². The highest BCUT2D eigenvalue weighted by Gasteiger charge is 1.96. The Kier molecular flexibility index (Phi) is 6.68. The lowest BCUT2D eigenvalue weighted by atomic mass is 10.2. The minimum absolute atomic E-state index is 0.194. The van der Waals surface area contributed by atoms with E-state index >= 15 is 0 Å². The molecule has 0 aliphatic rings. The van der Waals surface area contributed by atoms with Gasteiger partial charge in [0.25, 0.3) is 0 Å². The molecular weight excluding hydrogens is 144 g/mol. The predicted molar refractivity (Wildman–Crippen MR) is 41.2 cm³/mol. The van der Waals surface area contributed by atoms with Gasteiger partial charge in [-0.05, 0) is 6.42 Å². The van der Waals surface area contributed by atoms with Gasteiger partial charge in [0.2, 0.25) is 6.29 Å². The van der Waals surface area contributed by atoms with Crippen molar-refractivity contribution in [1.29, 1.82) is 0 Å². The van der Waals surface area contributed by atoms with Crippen LogP contribution in [0.3, 0.4) is 0 Å². The minimum Gasteiger partial charge on any atom is -0.460 e. The number of hydrogen-bond donors (Lipinski definition) is 0. The summed E-state index contributed by atoms with van der Waals surface area (Å²) in [6.07, 6.45) is 4.41. The Bertz CT molecular complexity index is 121. The molecule has 0 saturated heterocycles. The summed E-state index contributed by atoms with van der Waals surface area (Å²) in [5, 5.41) is 0. The van der Waals surface area contributed by atoms with Crippen molar-refractivity contribution in [2.75, 3.05) is 6.61 Å². The Morgan fingerprint density at radius 1 is 1.36 bits per heavy atom. The van der Waals surface area contributed by atoms with Crippen LogP contribution in [0.1, 0.15) is 32.6 Å². The SMILES string of the molecule is CCCCCCOC(=O)C=O. The highest BCUT2D eigenvalue weighted by atomic mass is 16.5. The Balaban J connectivity index is 3.01. The van der Waals surface area contributed by atoms with E-state index in [0.717, 1.165) is 25.7 Å². The molecule has 11 heavy (non-hydrogen) atoms. The summed E-state index contributed by atoms with van der Waals surface area (Å²) < 4.78 is 4.53. The Morgan fingerprint density at radius 3 is 2.64 bits per heavy atom. The van der Waals surface area contributed by atoms with E-state index < -0.39 is 5.97 Å². The number of unbranched alkanes of at least 4 members (excludes halogenated alkanes) is 3. The Labute approximate surface area is 66.7 Å². The van der Waals surface area contributed by atoms with E-state index in [9.17, 15) is 9.59 Å². The Morgan fingerprint density at radius 2 is 2.09 bits per heavy atom. The maximum absolute atomic E-state index is 10.3. The lowest BCUT2D eigenvalue weighted by Gasteiger charge is -1.98. The second-order valence-corrected chi connectivity index (χ2v) is 2.35. The van der Waals surface area contributed by atoms with Crippen molar-refractivity contribution in [3.05, 3.63) is 0 Å². The molecule has 3 heteroatoms. The van der Waals surface area contributed by atoms with Crippen LogP contribution in [-0.4, -0.2) is 18.9 Å². The topological polar surface area (TPSA) is 43.4 Å². The maximum atomic E-state index is 10.3. The summed E-state index contributed by atoms with van der Waals surface area (Å²) in [5.41, 5.74) is 0. The first kappa shape index (κ1) is 10.1. The van der Waals surface area contributed by atoms with Crippen LogP contribution in [0.5, 0.6) is 0 Å². The molecule has 0 unspecified atom stereocenters. The summed E-state index contributed by atoms with van der Waals surface area (Å²) in [7, 11) is 0. The summed E-state index contributed by atoms with van der Waals surface area (Å²) in [5.74, 6) is -0.763. The standard InChI is InChI=1S/C8H14O3/c1-2-3-4-5-6-11-8(10)7-9/h7H,2-6H2,1H3. The second kappa shape index (κ2) is 7.25. The third kappa shape index (κ3) is 7.03.